The Bertz CT molecular complexity index is 1180. The molecule has 1 fully saturated rings. The number of benzene rings is 2. The zero-order valence-corrected chi connectivity index (χ0v) is 18.1. The summed E-state index contributed by atoms with van der Waals surface area (Å²) in [5.74, 6) is -1.50. The lowest BCUT2D eigenvalue weighted by atomic mass is 9.97. The molecule has 2 atom stereocenters. The van der Waals surface area contributed by atoms with Crippen LogP contribution in [0.3, 0.4) is 0 Å². The van der Waals surface area contributed by atoms with Gasteiger partial charge in [0.2, 0.25) is 9.84 Å². The smallest absolute Gasteiger partial charge is 0.338 e. The molecule has 1 amide bonds. The van der Waals surface area contributed by atoms with Gasteiger partial charge in [-0.25, -0.2) is 13.2 Å². The van der Waals surface area contributed by atoms with Gasteiger partial charge in [-0.2, -0.15) is 0 Å². The third kappa shape index (κ3) is 3.65. The number of carbonyl (C=O) groups is 3. The van der Waals surface area contributed by atoms with E-state index in [1.807, 2.05) is 13.8 Å². The predicted octanol–water partition coefficient (Wildman–Crippen LogP) is 3.01. The number of amides is 1. The Kier molecular flexibility index (Phi) is 5.43. The lowest BCUT2D eigenvalue weighted by molar-refractivity contribution is -0.140. The maximum Gasteiger partial charge on any atom is 0.338 e. The molecule has 0 radical (unpaired) electrons. The van der Waals surface area contributed by atoms with E-state index in [4.69, 9.17) is 4.74 Å². The minimum atomic E-state index is -3.96. The molecule has 0 saturated carbocycles. The first-order valence-corrected chi connectivity index (χ1v) is 11.7. The van der Waals surface area contributed by atoms with Gasteiger partial charge >= 0.3 is 5.97 Å². The third-order valence-corrected chi connectivity index (χ3v) is 7.83. The average molecular weight is 442 g/mol. The molecule has 8 heteroatoms. The number of nitrogens with zero attached hydrogens (tertiary/aromatic N) is 1. The summed E-state index contributed by atoms with van der Waals surface area (Å²) in [6, 6.07) is 9.95. The van der Waals surface area contributed by atoms with Crippen LogP contribution in [0.25, 0.3) is 0 Å². The van der Waals surface area contributed by atoms with Crippen LogP contribution in [0.1, 0.15) is 59.4 Å². The molecule has 7 nitrogen and oxygen atoms in total. The van der Waals surface area contributed by atoms with Crippen molar-refractivity contribution in [2.75, 3.05) is 6.61 Å². The van der Waals surface area contributed by atoms with Gasteiger partial charge in [-0.05, 0) is 63.4 Å². The van der Waals surface area contributed by atoms with E-state index in [9.17, 15) is 22.8 Å². The Morgan fingerprint density at radius 1 is 1.00 bits per heavy atom. The molecule has 0 unspecified atom stereocenters. The second-order valence-electron chi connectivity index (χ2n) is 8.05. The molecule has 2 aromatic carbocycles. The van der Waals surface area contributed by atoms with Crippen LogP contribution in [0.2, 0.25) is 0 Å². The summed E-state index contributed by atoms with van der Waals surface area (Å²) in [6.45, 7) is 3.52. The number of fused-ring (bicyclic) bond motifs is 2. The van der Waals surface area contributed by atoms with Crippen LogP contribution in [0, 0.1) is 0 Å². The topological polar surface area (TPSA) is 97.8 Å². The first kappa shape index (κ1) is 21.2. The molecule has 0 aromatic heterocycles. The first-order chi connectivity index (χ1) is 14.7. The number of hydrogen-bond acceptors (Lipinski definition) is 6. The van der Waals surface area contributed by atoms with Gasteiger partial charge in [-0.15, -0.1) is 0 Å². The summed E-state index contributed by atoms with van der Waals surface area (Å²) in [4.78, 5) is 39.3. The van der Waals surface area contributed by atoms with Crippen LogP contribution < -0.4 is 0 Å². The molecule has 2 aliphatic heterocycles. The summed E-state index contributed by atoms with van der Waals surface area (Å²) in [6.07, 6.45) is 2.86. The average Bonchev–Trinajstić information content (AvgIpc) is 2.75. The van der Waals surface area contributed by atoms with Crippen molar-refractivity contribution in [2.45, 2.75) is 55.0 Å². The van der Waals surface area contributed by atoms with Crippen molar-refractivity contribution in [3.05, 3.63) is 59.2 Å². The Hall–Kier alpha value is -3.00. The van der Waals surface area contributed by atoms with E-state index in [1.54, 1.807) is 17.0 Å². The normalized spacial score (nSPS) is 21.7. The van der Waals surface area contributed by atoms with E-state index >= 15 is 0 Å². The lowest BCUT2D eigenvalue weighted by Gasteiger charge is -2.38. The van der Waals surface area contributed by atoms with Crippen LogP contribution in [-0.2, 0) is 19.4 Å². The largest absolute Gasteiger partial charge is 0.452 e. The predicted molar refractivity (Wildman–Crippen MR) is 112 cm³/mol. The van der Waals surface area contributed by atoms with Gasteiger partial charge in [-0.3, -0.25) is 9.59 Å². The lowest BCUT2D eigenvalue weighted by Crippen LogP contribution is -2.49. The highest BCUT2D eigenvalue weighted by Crippen LogP contribution is 2.34. The van der Waals surface area contributed by atoms with Crippen LogP contribution in [-0.4, -0.2) is 49.7 Å². The molecule has 0 bridgehead atoms. The fourth-order valence-corrected chi connectivity index (χ4v) is 6.09. The molecule has 162 valence electrons. The number of ketones is 1. The van der Waals surface area contributed by atoms with Gasteiger partial charge in [0.25, 0.3) is 5.91 Å². The van der Waals surface area contributed by atoms with Crippen LogP contribution in [0.4, 0.5) is 0 Å². The standard InChI is InChI=1S/C23H23NO6S/c1-14-6-5-7-15(2)24(14)21(25)13-30-23(27)16-10-11-18-20(12-16)31(28,29)19-9-4-3-8-17(19)22(18)26/h3-4,8-12,14-15H,5-7,13H2,1-2H3/t14-,15+. The number of esters is 1. The van der Waals surface area contributed by atoms with Crippen LogP contribution in [0.5, 0.6) is 0 Å². The monoisotopic (exact) mass is 441 g/mol. The number of hydrogen-bond donors (Lipinski definition) is 0. The van der Waals surface area contributed by atoms with Crippen LogP contribution in [0.15, 0.2) is 52.3 Å². The number of likely N-dealkylation sites (tertiary alicyclic amines) is 1. The third-order valence-electron chi connectivity index (χ3n) is 5.98. The first-order valence-electron chi connectivity index (χ1n) is 10.2. The molecule has 2 aliphatic rings. The molecule has 0 aliphatic carbocycles. The quantitative estimate of drug-likeness (QED) is 0.580. The maximum atomic E-state index is 13.0. The highest BCUT2D eigenvalue weighted by atomic mass is 32.2. The van der Waals surface area contributed by atoms with Crippen LogP contribution >= 0.6 is 0 Å². The van der Waals surface area contributed by atoms with Gasteiger partial charge in [0, 0.05) is 23.2 Å². The number of sulfone groups is 1. The van der Waals surface area contributed by atoms with Crippen molar-refractivity contribution in [2.24, 2.45) is 0 Å². The van der Waals surface area contributed by atoms with Gasteiger partial charge in [0.1, 0.15) is 0 Å². The molecule has 4 rings (SSSR count). The fraction of sp³-hybridized carbons (Fsp3) is 0.348. The molecule has 31 heavy (non-hydrogen) atoms. The molecule has 2 aromatic rings. The van der Waals surface area contributed by atoms with Crippen molar-refractivity contribution in [1.82, 2.24) is 4.90 Å². The fourth-order valence-electron chi connectivity index (χ4n) is 4.41. The van der Waals surface area contributed by atoms with Crippen molar-refractivity contribution < 1.29 is 27.5 Å². The highest BCUT2D eigenvalue weighted by molar-refractivity contribution is 7.91. The van der Waals surface area contributed by atoms with Gasteiger partial charge in [0.05, 0.1) is 15.4 Å². The van der Waals surface area contributed by atoms with E-state index in [0.717, 1.165) is 25.3 Å². The SMILES string of the molecule is C[C@@H]1CCC[C@H](C)N1C(=O)COC(=O)c1ccc2c(c1)S(=O)(=O)c1ccccc1C2=O. The summed E-state index contributed by atoms with van der Waals surface area (Å²) in [5, 5.41) is 0. The van der Waals surface area contributed by atoms with E-state index in [2.05, 4.69) is 0 Å². The van der Waals surface area contributed by atoms with E-state index in [1.165, 1.54) is 24.3 Å². The second-order valence-corrected chi connectivity index (χ2v) is 9.93. The number of carbonyl (C=O) groups excluding carboxylic acids is 3. The summed E-state index contributed by atoms with van der Waals surface area (Å²) < 4.78 is 31.2. The Balaban J connectivity index is 1.55. The zero-order chi connectivity index (χ0) is 22.3. The van der Waals surface area contributed by atoms with E-state index in [-0.39, 0.29) is 44.5 Å². The van der Waals surface area contributed by atoms with Gasteiger partial charge < -0.3 is 9.64 Å². The number of ether oxygens (including phenoxy) is 1. The highest BCUT2D eigenvalue weighted by Gasteiger charge is 2.35. The summed E-state index contributed by atoms with van der Waals surface area (Å²) in [7, 11) is -3.96. The summed E-state index contributed by atoms with van der Waals surface area (Å²) in [5.41, 5.74) is 0.102. The molecular weight excluding hydrogens is 418 g/mol. The molecule has 0 spiro atoms. The Labute approximate surface area is 180 Å². The second kappa shape index (κ2) is 7.92. The minimum absolute atomic E-state index is 0.0160. The van der Waals surface area contributed by atoms with Crippen molar-refractivity contribution >= 4 is 27.5 Å². The van der Waals surface area contributed by atoms with E-state index < -0.39 is 28.2 Å². The van der Waals surface area contributed by atoms with Gasteiger partial charge in [-0.1, -0.05) is 12.1 Å². The molecule has 0 N–H and O–H groups in total. The Morgan fingerprint density at radius 2 is 1.65 bits per heavy atom. The van der Waals surface area contributed by atoms with Crippen molar-refractivity contribution in [3.8, 4) is 0 Å². The Morgan fingerprint density at radius 3 is 2.35 bits per heavy atom. The number of rotatable bonds is 3. The minimum Gasteiger partial charge on any atom is -0.452 e. The summed E-state index contributed by atoms with van der Waals surface area (Å²) >= 11 is 0. The van der Waals surface area contributed by atoms with Crippen molar-refractivity contribution in [1.29, 1.82) is 0 Å². The van der Waals surface area contributed by atoms with Gasteiger partial charge in [0.15, 0.2) is 12.4 Å². The van der Waals surface area contributed by atoms with E-state index in [0.29, 0.717) is 0 Å². The zero-order valence-electron chi connectivity index (χ0n) is 17.3. The van der Waals surface area contributed by atoms with Crippen molar-refractivity contribution in [3.63, 3.8) is 0 Å². The molecule has 1 saturated heterocycles. The maximum absolute atomic E-state index is 13.0. The molecule has 2 heterocycles. The molecular formula is C23H23NO6S. The number of piperidine rings is 1.